The van der Waals surface area contributed by atoms with Crippen molar-refractivity contribution in [1.82, 2.24) is 14.9 Å². The maximum absolute atomic E-state index is 12.3. The number of benzene rings is 1. The second-order valence-electron chi connectivity index (χ2n) is 6.31. The monoisotopic (exact) mass is 427 g/mol. The number of rotatable bonds is 11. The highest BCUT2D eigenvalue weighted by molar-refractivity contribution is 7.89. The predicted octanol–water partition coefficient (Wildman–Crippen LogP) is 0.0275. The van der Waals surface area contributed by atoms with Crippen molar-refractivity contribution in [2.45, 2.75) is 30.6 Å². The molecule has 10 nitrogen and oxygen atoms in total. The minimum atomic E-state index is -3.81. The van der Waals surface area contributed by atoms with Crippen molar-refractivity contribution in [2.24, 2.45) is 0 Å². The van der Waals surface area contributed by atoms with Gasteiger partial charge in [-0.1, -0.05) is 0 Å². The summed E-state index contributed by atoms with van der Waals surface area (Å²) in [6.07, 6.45) is 0.880. The lowest BCUT2D eigenvalue weighted by molar-refractivity contribution is -0.138. The number of methoxy groups -OCH3 is 2. The third-order valence-corrected chi connectivity index (χ3v) is 5.80. The first kappa shape index (κ1) is 22.6. The number of nitrogens with zero attached hydrogens (tertiary/aromatic N) is 1. The zero-order chi connectivity index (χ0) is 21.4. The van der Waals surface area contributed by atoms with E-state index in [1.54, 1.807) is 0 Å². The van der Waals surface area contributed by atoms with E-state index < -0.39 is 10.0 Å². The number of carbonyl (C=O) groups excluding carboxylic acids is 3. The van der Waals surface area contributed by atoms with Gasteiger partial charge < -0.3 is 14.8 Å². The molecule has 2 N–H and O–H groups in total. The van der Waals surface area contributed by atoms with Gasteiger partial charge in [-0.15, -0.1) is 0 Å². The van der Waals surface area contributed by atoms with Crippen LogP contribution in [-0.4, -0.2) is 64.9 Å². The Morgan fingerprint density at radius 1 is 1.07 bits per heavy atom. The second-order valence-corrected chi connectivity index (χ2v) is 8.07. The van der Waals surface area contributed by atoms with E-state index in [4.69, 9.17) is 9.47 Å². The van der Waals surface area contributed by atoms with Crippen molar-refractivity contribution in [1.29, 1.82) is 0 Å². The van der Waals surface area contributed by atoms with Crippen LogP contribution < -0.4 is 19.5 Å². The Balaban J connectivity index is 1.73. The fraction of sp³-hybridized carbons (Fsp3) is 0.500. The van der Waals surface area contributed by atoms with Crippen molar-refractivity contribution < 1.29 is 32.3 Å². The molecule has 1 heterocycles. The molecule has 1 fully saturated rings. The summed E-state index contributed by atoms with van der Waals surface area (Å²) in [4.78, 5) is 36.0. The van der Waals surface area contributed by atoms with Crippen molar-refractivity contribution in [3.05, 3.63) is 18.2 Å². The lowest BCUT2D eigenvalue weighted by Gasteiger charge is -2.13. The molecule has 0 saturated carbocycles. The Morgan fingerprint density at radius 3 is 2.34 bits per heavy atom. The number of hydrogen-bond acceptors (Lipinski definition) is 7. The maximum atomic E-state index is 12.3. The highest BCUT2D eigenvalue weighted by atomic mass is 32.2. The number of carbonyl (C=O) groups is 3. The van der Waals surface area contributed by atoms with E-state index in [0.29, 0.717) is 18.7 Å². The number of imide groups is 1. The summed E-state index contributed by atoms with van der Waals surface area (Å²) >= 11 is 0. The predicted molar refractivity (Wildman–Crippen MR) is 103 cm³/mol. The molecule has 1 saturated heterocycles. The molecule has 1 aromatic rings. The smallest absolute Gasteiger partial charge is 0.240 e. The minimum Gasteiger partial charge on any atom is -0.493 e. The van der Waals surface area contributed by atoms with E-state index >= 15 is 0 Å². The first-order valence-corrected chi connectivity index (χ1v) is 10.6. The van der Waals surface area contributed by atoms with Crippen LogP contribution in [0.5, 0.6) is 11.5 Å². The van der Waals surface area contributed by atoms with Gasteiger partial charge in [-0.2, -0.15) is 0 Å². The van der Waals surface area contributed by atoms with Crippen LogP contribution >= 0.6 is 0 Å². The van der Waals surface area contributed by atoms with Gasteiger partial charge in [0, 0.05) is 45.0 Å². The van der Waals surface area contributed by atoms with Gasteiger partial charge >= 0.3 is 0 Å². The third-order valence-electron chi connectivity index (χ3n) is 4.34. The molecule has 0 spiro atoms. The van der Waals surface area contributed by atoms with Gasteiger partial charge in [0.25, 0.3) is 0 Å². The normalized spacial score (nSPS) is 14.2. The van der Waals surface area contributed by atoms with Gasteiger partial charge in [0.05, 0.1) is 19.1 Å². The van der Waals surface area contributed by atoms with Crippen LogP contribution in [0.4, 0.5) is 0 Å². The molecular weight excluding hydrogens is 402 g/mol. The second kappa shape index (κ2) is 10.2. The Hall–Kier alpha value is -2.66. The molecule has 0 aliphatic carbocycles. The molecule has 0 unspecified atom stereocenters. The summed E-state index contributed by atoms with van der Waals surface area (Å²) in [5, 5.41) is 2.64. The fourth-order valence-electron chi connectivity index (χ4n) is 2.79. The SMILES string of the molecule is COc1ccc(S(=O)(=O)NCCC(=O)NCCCN2C(=O)CCC2=O)cc1OC. The lowest BCUT2D eigenvalue weighted by atomic mass is 10.3. The van der Waals surface area contributed by atoms with E-state index in [1.807, 2.05) is 0 Å². The number of hydrogen-bond donors (Lipinski definition) is 2. The van der Waals surface area contributed by atoms with Crippen molar-refractivity contribution in [3.8, 4) is 11.5 Å². The van der Waals surface area contributed by atoms with E-state index in [1.165, 1.54) is 37.3 Å². The quantitative estimate of drug-likeness (QED) is 0.376. The topological polar surface area (TPSA) is 131 Å². The molecule has 0 bridgehead atoms. The average Bonchev–Trinajstić information content (AvgIpc) is 3.02. The Bertz CT molecular complexity index is 854. The summed E-state index contributed by atoms with van der Waals surface area (Å²) in [5.41, 5.74) is 0. The van der Waals surface area contributed by atoms with Gasteiger partial charge in [0.15, 0.2) is 11.5 Å². The van der Waals surface area contributed by atoms with Gasteiger partial charge in [0.2, 0.25) is 27.7 Å². The number of amides is 3. The standard InChI is InChI=1S/C18H25N3O7S/c1-27-14-5-4-13(12-15(14)28-2)29(25,26)20-10-8-16(22)19-9-3-11-21-17(23)6-7-18(21)24/h4-5,12,20H,3,6-11H2,1-2H3,(H,19,22). The van der Waals surface area contributed by atoms with Crippen LogP contribution in [0.25, 0.3) is 0 Å². The highest BCUT2D eigenvalue weighted by Crippen LogP contribution is 2.29. The number of ether oxygens (including phenoxy) is 2. The van der Waals surface area contributed by atoms with E-state index in [9.17, 15) is 22.8 Å². The largest absolute Gasteiger partial charge is 0.493 e. The Kier molecular flexibility index (Phi) is 7.97. The molecular formula is C18H25N3O7S. The van der Waals surface area contributed by atoms with Crippen molar-refractivity contribution >= 4 is 27.7 Å². The van der Waals surface area contributed by atoms with E-state index in [2.05, 4.69) is 10.0 Å². The lowest BCUT2D eigenvalue weighted by Crippen LogP contribution is -2.34. The van der Waals surface area contributed by atoms with Gasteiger partial charge in [-0.3, -0.25) is 19.3 Å². The van der Waals surface area contributed by atoms with Crippen molar-refractivity contribution in [3.63, 3.8) is 0 Å². The minimum absolute atomic E-state index is 0.00416. The number of likely N-dealkylation sites (tertiary alicyclic amines) is 1. The summed E-state index contributed by atoms with van der Waals surface area (Å²) in [6.45, 7) is 0.480. The van der Waals surface area contributed by atoms with Gasteiger partial charge in [-0.05, 0) is 18.6 Å². The molecule has 1 aliphatic rings. The Labute approximate surface area is 169 Å². The highest BCUT2D eigenvalue weighted by Gasteiger charge is 2.27. The third kappa shape index (κ3) is 6.16. The van der Waals surface area contributed by atoms with Crippen LogP contribution in [0.15, 0.2) is 23.1 Å². The van der Waals surface area contributed by atoms with Crippen LogP contribution in [-0.2, 0) is 24.4 Å². The summed E-state index contributed by atoms with van der Waals surface area (Å²) < 4.78 is 37.2. The molecule has 29 heavy (non-hydrogen) atoms. The van der Waals surface area contributed by atoms with Gasteiger partial charge in [0.1, 0.15) is 0 Å². The summed E-state index contributed by atoms with van der Waals surface area (Å²) in [5.74, 6) is -0.0258. The first-order valence-electron chi connectivity index (χ1n) is 9.10. The van der Waals surface area contributed by atoms with Gasteiger partial charge in [-0.25, -0.2) is 13.1 Å². The summed E-state index contributed by atoms with van der Waals surface area (Å²) in [6, 6.07) is 4.20. The van der Waals surface area contributed by atoms with E-state index in [-0.39, 0.29) is 60.7 Å². The average molecular weight is 427 g/mol. The maximum Gasteiger partial charge on any atom is 0.240 e. The Morgan fingerprint density at radius 2 is 1.72 bits per heavy atom. The number of nitrogens with one attached hydrogen (secondary N) is 2. The fourth-order valence-corrected chi connectivity index (χ4v) is 3.84. The molecule has 2 rings (SSSR count). The van der Waals surface area contributed by atoms with Crippen LogP contribution in [0.3, 0.4) is 0 Å². The molecule has 11 heteroatoms. The molecule has 0 aromatic heterocycles. The zero-order valence-corrected chi connectivity index (χ0v) is 17.2. The molecule has 1 aliphatic heterocycles. The van der Waals surface area contributed by atoms with Crippen molar-refractivity contribution in [2.75, 3.05) is 33.9 Å². The summed E-state index contributed by atoms with van der Waals surface area (Å²) in [7, 11) is -0.957. The van der Waals surface area contributed by atoms with E-state index in [0.717, 1.165) is 0 Å². The zero-order valence-electron chi connectivity index (χ0n) is 16.4. The number of sulfonamides is 1. The molecule has 160 valence electrons. The molecule has 3 amide bonds. The first-order chi connectivity index (χ1) is 13.8. The molecule has 0 atom stereocenters. The van der Waals surface area contributed by atoms with Crippen LogP contribution in [0.2, 0.25) is 0 Å². The van der Waals surface area contributed by atoms with Crippen LogP contribution in [0, 0.1) is 0 Å². The van der Waals surface area contributed by atoms with Crippen LogP contribution in [0.1, 0.15) is 25.7 Å². The molecule has 1 aromatic carbocycles. The molecule has 0 radical (unpaired) electrons.